The van der Waals surface area contributed by atoms with E-state index in [-0.39, 0.29) is 92.0 Å². The number of halogens is 2. The Morgan fingerprint density at radius 3 is 1.20 bits per heavy atom. The van der Waals surface area contributed by atoms with Gasteiger partial charge in [0.15, 0.2) is 6.29 Å². The summed E-state index contributed by atoms with van der Waals surface area (Å²) >= 11 is 3.33. The molecule has 0 radical (unpaired) electrons. The molecular formula is C97H109BrFN3O28S7. The van der Waals surface area contributed by atoms with Gasteiger partial charge in [0.1, 0.15) is 29.4 Å². The standard InChI is InChI=1S/C25H26O2.C23H24N2O10S3.C23H24O11S3.C16H13N.C8H15BrO2.CH3F.CH4.O3S/c1-2-27-23(26)11-6-4-3-5-8-18-12-13-21-15-14-19-9-7-10-20-16-17-22(18)25(21)24(19)20;24-25-21(26)6-4-2-1-3-5-13-11-18(36(27,28)29)15-9-10-17-20(38(33,34)35)12-19(37(30,31)32)16-8-7-14(13)22(15)23(16)17;24-21(25)6-4-2-1-3-5-13-11-18(35(26,27)28)15-9-10-17-20(37(32,33)34)12-19(36(29,30)31)16-8-7-14(13)22(15)23(16)17;17-14-9-7-12-5-4-10-2-1-3-11-6-8-13(14)16(12)15(10)11;1-2-11-8(10)6-4-3-5-7-9;1-2;;1-4(2)3/h7,9-10,12-17H,2-6,8,11H2,1H3;7-12H,1-6,24H2,(H,25,26)(H,27,28,29)(H,30,31,32)(H,33,34,35);7-12,21,24-25H,1-6H2,(H,26,27,28)(H,29,30,31)(H,32,33,34);1-2,4-9,11H,3,17H2;2-7H2,1H3;1H3;1H4;/i;;;;;1D;;. The first-order valence-electron chi connectivity index (χ1n) is 44.1. The lowest BCUT2D eigenvalue weighted by Gasteiger charge is -2.26. The van der Waals surface area contributed by atoms with Crippen LogP contribution in [-0.4, -0.2) is 150 Å². The third kappa shape index (κ3) is 27.4. The molecule has 40 heteroatoms. The predicted molar refractivity (Wildman–Crippen MR) is 533 cm³/mol. The van der Waals surface area contributed by atoms with E-state index < -0.39 is 114 Å². The number of hydrazine groups is 1. The predicted octanol–water partition coefficient (Wildman–Crippen LogP) is 19.2. The number of benzene rings is 14. The number of ether oxygens (including phenoxy) is 2. The van der Waals surface area contributed by atoms with Crippen molar-refractivity contribution in [1.29, 1.82) is 0 Å². The molecule has 14 aromatic rings. The molecule has 16 rings (SSSR count). The van der Waals surface area contributed by atoms with Crippen LogP contribution in [0.15, 0.2) is 193 Å². The largest absolute Gasteiger partial charge is 0.466 e. The fourth-order valence-electron chi connectivity index (χ4n) is 17.7. The van der Waals surface area contributed by atoms with Crippen molar-refractivity contribution in [2.45, 2.75) is 211 Å². The molecule has 2 aliphatic carbocycles. The Balaban J connectivity index is 0.000000198. The van der Waals surface area contributed by atoms with Gasteiger partial charge in [-0.25, -0.2) is 5.84 Å². The quantitative estimate of drug-likeness (QED) is 0.00170. The minimum absolute atomic E-state index is 0. The van der Waals surface area contributed by atoms with Gasteiger partial charge in [0.25, 0.3) is 60.7 Å². The minimum atomic E-state index is -4.97. The molecule has 0 fully saturated rings. The molecule has 0 heterocycles. The molecule has 1 atom stereocenters. The van der Waals surface area contributed by atoms with E-state index in [1.165, 1.54) is 126 Å². The monoisotopic (exact) mass is 2090 g/mol. The number of unbranched alkanes of at least 4 members (excludes halogenated alkanes) is 11. The molecule has 1 unspecified atom stereocenters. The highest BCUT2D eigenvalue weighted by Gasteiger charge is 2.32. The maximum Gasteiger partial charge on any atom is 0.425 e. The van der Waals surface area contributed by atoms with E-state index in [0.717, 1.165) is 68.8 Å². The van der Waals surface area contributed by atoms with Crippen LogP contribution in [0, 0.1) is 0 Å². The van der Waals surface area contributed by atoms with Crippen LogP contribution in [0.2, 0.25) is 0 Å². The Labute approximate surface area is 805 Å². The highest BCUT2D eigenvalue weighted by Crippen LogP contribution is 2.48. The molecule has 14 aromatic carbocycles. The van der Waals surface area contributed by atoms with Gasteiger partial charge in [-0.1, -0.05) is 214 Å². The van der Waals surface area contributed by atoms with E-state index in [0.29, 0.717) is 130 Å². The molecule has 1 amide bonds. The third-order valence-electron chi connectivity index (χ3n) is 23.5. The lowest BCUT2D eigenvalue weighted by molar-refractivity contribution is -0.144. The van der Waals surface area contributed by atoms with Crippen LogP contribution in [-0.2, 0) is 114 Å². The molecule has 31 nitrogen and oxygen atoms in total. The van der Waals surface area contributed by atoms with Gasteiger partial charge in [-0.05, 0) is 220 Å². The molecule has 0 saturated heterocycles. The number of aliphatic hydroxyl groups excluding tert-OH is 1. The summed E-state index contributed by atoms with van der Waals surface area (Å²) in [6.07, 6.45) is 24.6. The molecule has 736 valence electrons. The van der Waals surface area contributed by atoms with Crippen LogP contribution in [0.5, 0.6) is 0 Å². The van der Waals surface area contributed by atoms with Gasteiger partial charge < -0.3 is 25.4 Å². The first-order chi connectivity index (χ1) is 64.8. The van der Waals surface area contributed by atoms with Crippen molar-refractivity contribution >= 4 is 231 Å². The topological polar surface area (TPSA) is 552 Å². The zero-order valence-electron chi connectivity index (χ0n) is 75.0. The molecule has 137 heavy (non-hydrogen) atoms. The number of aryl methyl sites for hydroxylation is 3. The number of hydrogen-bond acceptors (Lipinski definition) is 24. The van der Waals surface area contributed by atoms with Crippen LogP contribution < -0.4 is 17.0 Å². The summed E-state index contributed by atoms with van der Waals surface area (Å²) in [6, 6.07) is 43.3. The SMILES string of the molecule is C.CCOC(=O)CCCCCBr.CCOC(=O)CCCCCCc1ccc2ccc3cccc4ccc1c2c34.NNC(=O)CCCCCCc1cc(S(=O)(=O)O)c2ccc3c(S(=O)(=O)O)cc(S(=O)(=O)O)c4ccc1c2c43.Nc1ccc2ccc3c4c2c1C=CC4CC=C3.O=S(=O)(O)c1cc(CCCCCCC(O)O)c2ccc3c(S(=O)(=O)O)cc(S(=O)(=O)O)c4ccc1c2c34.O=S(=O)=O.[2H]CF. The smallest absolute Gasteiger partial charge is 0.425 e. The van der Waals surface area contributed by atoms with E-state index in [9.17, 15) is 96.6 Å². The highest BCUT2D eigenvalue weighted by molar-refractivity contribution is 9.09. The van der Waals surface area contributed by atoms with Crippen LogP contribution >= 0.6 is 15.9 Å². The zero-order valence-corrected chi connectivity index (χ0v) is 81.3. The van der Waals surface area contributed by atoms with E-state index in [4.69, 9.17) is 45.3 Å². The minimum Gasteiger partial charge on any atom is -0.466 e. The summed E-state index contributed by atoms with van der Waals surface area (Å²) in [5.41, 5.74) is 15.5. The molecule has 0 spiro atoms. The number of nitrogen functional groups attached to an aromatic ring is 1. The number of carbonyl (C=O) groups is 3. The number of aliphatic hydroxyl groups is 2. The summed E-state index contributed by atoms with van der Waals surface area (Å²) < 4.78 is 256. The van der Waals surface area contributed by atoms with Crippen LogP contribution in [0.25, 0.3) is 120 Å². The van der Waals surface area contributed by atoms with Crippen molar-refractivity contribution in [2.75, 3.05) is 31.4 Å². The zero-order chi connectivity index (χ0) is 100. The number of esters is 2. The average molecular weight is 2090 g/mol. The second-order valence-corrected chi connectivity index (χ2v) is 41.9. The van der Waals surface area contributed by atoms with Crippen molar-refractivity contribution in [3.63, 3.8) is 0 Å². The summed E-state index contributed by atoms with van der Waals surface area (Å²) in [6.45, 7) is 4.66. The average Bonchev–Trinajstić information content (AvgIpc) is 0.711. The number of amides is 1. The Hall–Kier alpha value is -10.5. The van der Waals surface area contributed by atoms with E-state index >= 15 is 0 Å². The van der Waals surface area contributed by atoms with Gasteiger partial charge in [0, 0.05) is 84.9 Å². The fraction of sp³-hybridized carbons (Fsp3) is 0.330. The number of hydrogen-bond donors (Lipinski definition) is 11. The molecule has 0 bridgehead atoms. The highest BCUT2D eigenvalue weighted by atomic mass is 79.9. The maximum absolute atomic E-state index is 12.3. The Kier molecular flexibility index (Phi) is 38.3. The summed E-state index contributed by atoms with van der Waals surface area (Å²) in [5, 5.41) is 30.6. The fourth-order valence-corrected chi connectivity index (χ4v) is 22.6. The van der Waals surface area contributed by atoms with Crippen LogP contribution in [0.3, 0.4) is 0 Å². The molecule has 2 aliphatic rings. The van der Waals surface area contributed by atoms with Crippen molar-refractivity contribution < 1.29 is 130 Å². The first kappa shape index (κ1) is 109. The number of nitrogens with two attached hydrogens (primary N) is 2. The second-order valence-electron chi connectivity index (χ2n) is 32.4. The Bertz CT molecular complexity index is 7610. The summed E-state index contributed by atoms with van der Waals surface area (Å²) in [4.78, 5) is 29.4. The van der Waals surface area contributed by atoms with Crippen molar-refractivity contribution in [2.24, 2.45) is 5.84 Å². The van der Waals surface area contributed by atoms with Crippen molar-refractivity contribution in [3.8, 4) is 0 Å². The first-order valence-corrected chi connectivity index (χ1v) is 54.2. The lowest BCUT2D eigenvalue weighted by atomic mass is 9.78. The van der Waals surface area contributed by atoms with Gasteiger partial charge in [-0.15, -0.1) is 12.6 Å². The van der Waals surface area contributed by atoms with E-state index in [1.807, 2.05) is 25.3 Å². The summed E-state index contributed by atoms with van der Waals surface area (Å²) in [7, 11) is -33.5. The molecule has 0 aromatic heterocycles. The second kappa shape index (κ2) is 48.4. The normalized spacial score (nSPS) is 13.1. The van der Waals surface area contributed by atoms with E-state index in [2.05, 4.69) is 113 Å². The van der Waals surface area contributed by atoms with Gasteiger partial charge in [-0.2, -0.15) is 50.5 Å². The van der Waals surface area contributed by atoms with Crippen LogP contribution in [0.4, 0.5) is 10.1 Å². The Morgan fingerprint density at radius 1 is 0.445 bits per heavy atom. The molecule has 0 saturated carbocycles. The van der Waals surface area contributed by atoms with Gasteiger partial charge in [0.05, 0.1) is 21.7 Å². The molecular weight excluding hydrogens is 1980 g/mol. The number of carbonyl (C=O) groups excluding carboxylic acids is 3. The van der Waals surface area contributed by atoms with Gasteiger partial charge in [0.2, 0.25) is 5.91 Å². The third-order valence-corrected chi connectivity index (χ3v) is 29.5. The molecule has 0 aliphatic heterocycles. The Morgan fingerprint density at radius 2 is 0.781 bits per heavy atom. The van der Waals surface area contributed by atoms with Crippen molar-refractivity contribution in [1.82, 2.24) is 5.43 Å². The molecule has 13 N–H and O–H groups in total. The number of nitrogens with one attached hydrogen (secondary N) is 1. The number of rotatable bonds is 34. The van der Waals surface area contributed by atoms with Gasteiger partial charge in [-0.3, -0.25) is 51.5 Å². The number of alkyl halides is 2. The number of anilines is 1. The van der Waals surface area contributed by atoms with Crippen molar-refractivity contribution in [3.05, 3.63) is 197 Å². The maximum atomic E-state index is 12.3. The lowest BCUT2D eigenvalue weighted by Crippen LogP contribution is -2.29. The van der Waals surface area contributed by atoms with E-state index in [1.54, 1.807) is 0 Å². The number of allylic oxidation sites excluding steroid dienone is 2. The summed E-state index contributed by atoms with van der Waals surface area (Å²) in [5.74, 6) is 5.17. The van der Waals surface area contributed by atoms with Gasteiger partial charge >= 0.3 is 22.5 Å². The van der Waals surface area contributed by atoms with Crippen LogP contribution in [0.1, 0.15) is 190 Å².